The van der Waals surface area contributed by atoms with Gasteiger partial charge in [0.15, 0.2) is 0 Å². The second-order valence-electron chi connectivity index (χ2n) is 5.37. The smallest absolute Gasteiger partial charge is 0.147 e. The summed E-state index contributed by atoms with van der Waals surface area (Å²) in [4.78, 5) is 8.34. The van der Waals surface area contributed by atoms with Crippen molar-refractivity contribution in [1.29, 1.82) is 0 Å². The first kappa shape index (κ1) is 14.8. The molecule has 0 amide bonds. The Kier molecular flexibility index (Phi) is 4.78. The van der Waals surface area contributed by atoms with Crippen molar-refractivity contribution in [3.8, 4) is 0 Å². The van der Waals surface area contributed by atoms with Crippen LogP contribution in [0.25, 0.3) is 0 Å². The average molecular weight is 322 g/mol. The molecule has 0 spiro atoms. The predicted octanol–water partition coefficient (Wildman–Crippen LogP) is 4.08. The highest BCUT2D eigenvalue weighted by atomic mass is 35.5. The van der Waals surface area contributed by atoms with Crippen molar-refractivity contribution in [3.63, 3.8) is 0 Å². The summed E-state index contributed by atoms with van der Waals surface area (Å²) in [5.41, 5.74) is 1.14. The SMILES string of the molecule is CCNCc1cnc(N(Cc2cccs2)C2CC2)c(Cl)c1. The number of thiophene rings is 1. The highest BCUT2D eigenvalue weighted by Gasteiger charge is 2.31. The monoisotopic (exact) mass is 321 g/mol. The van der Waals surface area contributed by atoms with Gasteiger partial charge in [-0.3, -0.25) is 0 Å². The maximum absolute atomic E-state index is 6.49. The van der Waals surface area contributed by atoms with Gasteiger partial charge in [-0.25, -0.2) is 4.98 Å². The molecule has 1 aliphatic rings. The zero-order chi connectivity index (χ0) is 14.7. The maximum Gasteiger partial charge on any atom is 0.147 e. The van der Waals surface area contributed by atoms with Crippen molar-refractivity contribution in [2.45, 2.75) is 38.9 Å². The lowest BCUT2D eigenvalue weighted by molar-refractivity contribution is 0.722. The van der Waals surface area contributed by atoms with Crippen molar-refractivity contribution < 1.29 is 0 Å². The first-order valence-electron chi connectivity index (χ1n) is 7.42. The van der Waals surface area contributed by atoms with Crippen LogP contribution < -0.4 is 10.2 Å². The summed E-state index contributed by atoms with van der Waals surface area (Å²) in [7, 11) is 0. The largest absolute Gasteiger partial charge is 0.347 e. The Morgan fingerprint density at radius 1 is 1.48 bits per heavy atom. The van der Waals surface area contributed by atoms with E-state index in [2.05, 4.69) is 39.6 Å². The molecule has 112 valence electrons. The third-order valence-corrected chi connectivity index (χ3v) is 4.76. The van der Waals surface area contributed by atoms with Gasteiger partial charge in [0, 0.05) is 23.7 Å². The number of anilines is 1. The van der Waals surface area contributed by atoms with Gasteiger partial charge in [0.25, 0.3) is 0 Å². The molecule has 1 fully saturated rings. The third-order valence-electron chi connectivity index (χ3n) is 3.62. The summed E-state index contributed by atoms with van der Waals surface area (Å²) in [5, 5.41) is 6.18. The van der Waals surface area contributed by atoms with Crippen LogP contribution in [0.3, 0.4) is 0 Å². The Morgan fingerprint density at radius 2 is 2.33 bits per heavy atom. The van der Waals surface area contributed by atoms with Crippen molar-refractivity contribution in [3.05, 3.63) is 45.2 Å². The topological polar surface area (TPSA) is 28.2 Å². The molecule has 0 saturated heterocycles. The molecule has 3 nitrogen and oxygen atoms in total. The van der Waals surface area contributed by atoms with Gasteiger partial charge in [0.1, 0.15) is 5.82 Å². The third kappa shape index (κ3) is 3.76. The molecule has 0 bridgehead atoms. The van der Waals surface area contributed by atoms with Gasteiger partial charge in [-0.15, -0.1) is 11.3 Å². The fourth-order valence-electron chi connectivity index (χ4n) is 2.38. The molecule has 2 aromatic heterocycles. The number of hydrogen-bond donors (Lipinski definition) is 1. The summed E-state index contributed by atoms with van der Waals surface area (Å²) in [5.74, 6) is 0.924. The van der Waals surface area contributed by atoms with Gasteiger partial charge in [-0.1, -0.05) is 24.6 Å². The minimum absolute atomic E-state index is 0.594. The lowest BCUT2D eigenvalue weighted by Crippen LogP contribution is -2.26. The van der Waals surface area contributed by atoms with Crippen molar-refractivity contribution >= 4 is 28.8 Å². The first-order valence-corrected chi connectivity index (χ1v) is 8.68. The molecule has 21 heavy (non-hydrogen) atoms. The van der Waals surface area contributed by atoms with Crippen LogP contribution in [0.5, 0.6) is 0 Å². The van der Waals surface area contributed by atoms with Gasteiger partial charge in [0.2, 0.25) is 0 Å². The van der Waals surface area contributed by atoms with Crippen LogP contribution in [-0.2, 0) is 13.1 Å². The second kappa shape index (κ2) is 6.77. The summed E-state index contributed by atoms with van der Waals surface area (Å²) in [6.07, 6.45) is 4.42. The number of hydrogen-bond acceptors (Lipinski definition) is 4. The molecular formula is C16H20ClN3S. The fraction of sp³-hybridized carbons (Fsp3) is 0.438. The minimum atomic E-state index is 0.594. The lowest BCUT2D eigenvalue weighted by Gasteiger charge is -2.24. The Hall–Kier alpha value is -1.10. The van der Waals surface area contributed by atoms with Crippen LogP contribution in [0.1, 0.15) is 30.2 Å². The van der Waals surface area contributed by atoms with Crippen LogP contribution in [0.15, 0.2) is 29.8 Å². The van der Waals surface area contributed by atoms with E-state index in [9.17, 15) is 0 Å². The number of pyridine rings is 1. The van der Waals surface area contributed by atoms with Gasteiger partial charge < -0.3 is 10.2 Å². The number of nitrogens with zero attached hydrogens (tertiary/aromatic N) is 2. The normalized spacial score (nSPS) is 14.4. The van der Waals surface area contributed by atoms with E-state index < -0.39 is 0 Å². The molecule has 0 aliphatic heterocycles. The summed E-state index contributed by atoms with van der Waals surface area (Å²) in [6, 6.07) is 6.90. The van der Waals surface area contributed by atoms with Gasteiger partial charge >= 0.3 is 0 Å². The quantitative estimate of drug-likeness (QED) is 0.833. The van der Waals surface area contributed by atoms with Gasteiger partial charge in [0.05, 0.1) is 11.6 Å². The number of halogens is 1. The van der Waals surface area contributed by atoms with Crippen LogP contribution in [-0.4, -0.2) is 17.6 Å². The molecule has 0 atom stereocenters. The standard InChI is InChI=1S/C16H20ClN3S/c1-2-18-9-12-8-15(17)16(19-10-12)20(13-5-6-13)11-14-4-3-7-21-14/h3-4,7-8,10,13,18H,2,5-6,9,11H2,1H3. The van der Waals surface area contributed by atoms with E-state index in [1.165, 1.54) is 17.7 Å². The van der Waals surface area contributed by atoms with E-state index in [1.54, 1.807) is 11.3 Å². The van der Waals surface area contributed by atoms with Crippen molar-refractivity contribution in [2.24, 2.45) is 0 Å². The van der Waals surface area contributed by atoms with Crippen LogP contribution in [0.2, 0.25) is 5.02 Å². The maximum atomic E-state index is 6.49. The fourth-order valence-corrected chi connectivity index (χ4v) is 3.38. The Balaban J connectivity index is 1.79. The van der Waals surface area contributed by atoms with E-state index in [-0.39, 0.29) is 0 Å². The van der Waals surface area contributed by atoms with E-state index in [1.807, 2.05) is 12.3 Å². The first-order chi connectivity index (χ1) is 10.3. The minimum Gasteiger partial charge on any atom is -0.347 e. The molecular weight excluding hydrogens is 302 g/mol. The molecule has 5 heteroatoms. The molecule has 1 aliphatic carbocycles. The van der Waals surface area contributed by atoms with Crippen molar-refractivity contribution in [2.75, 3.05) is 11.4 Å². The van der Waals surface area contributed by atoms with Crippen molar-refractivity contribution in [1.82, 2.24) is 10.3 Å². The van der Waals surface area contributed by atoms with Gasteiger partial charge in [-0.2, -0.15) is 0 Å². The molecule has 3 rings (SSSR count). The Labute approximate surface area is 135 Å². The summed E-state index contributed by atoms with van der Waals surface area (Å²) >= 11 is 8.28. The Morgan fingerprint density at radius 3 is 2.95 bits per heavy atom. The van der Waals surface area contributed by atoms with E-state index in [0.717, 1.165) is 36.0 Å². The number of aromatic nitrogens is 1. The van der Waals surface area contributed by atoms with Crippen LogP contribution in [0, 0.1) is 0 Å². The van der Waals surface area contributed by atoms with E-state index >= 15 is 0 Å². The van der Waals surface area contributed by atoms with Crippen LogP contribution >= 0.6 is 22.9 Å². The summed E-state index contributed by atoms with van der Waals surface area (Å²) < 4.78 is 0. The Bertz CT molecular complexity index is 581. The molecule has 1 saturated carbocycles. The molecule has 2 heterocycles. The number of rotatable bonds is 7. The second-order valence-corrected chi connectivity index (χ2v) is 6.81. The van der Waals surface area contributed by atoms with E-state index in [4.69, 9.17) is 11.6 Å². The molecule has 0 unspecified atom stereocenters. The number of nitrogens with one attached hydrogen (secondary N) is 1. The highest BCUT2D eigenvalue weighted by Crippen LogP contribution is 2.36. The van der Waals surface area contributed by atoms with Crippen LogP contribution in [0.4, 0.5) is 5.82 Å². The molecule has 0 aromatic carbocycles. The van der Waals surface area contributed by atoms with E-state index in [0.29, 0.717) is 6.04 Å². The average Bonchev–Trinajstić information content (AvgIpc) is 3.20. The lowest BCUT2D eigenvalue weighted by atomic mass is 10.2. The molecule has 0 radical (unpaired) electrons. The molecule has 2 aromatic rings. The highest BCUT2D eigenvalue weighted by molar-refractivity contribution is 7.09. The zero-order valence-corrected chi connectivity index (χ0v) is 13.8. The predicted molar refractivity (Wildman–Crippen MR) is 90.2 cm³/mol. The zero-order valence-electron chi connectivity index (χ0n) is 12.2. The van der Waals surface area contributed by atoms with Gasteiger partial charge in [-0.05, 0) is 42.5 Å². The summed E-state index contributed by atoms with van der Waals surface area (Å²) in [6.45, 7) is 4.77. The molecule has 1 N–H and O–H groups in total.